The predicted octanol–water partition coefficient (Wildman–Crippen LogP) is 0.497. The Labute approximate surface area is 147 Å². The van der Waals surface area contributed by atoms with E-state index >= 15 is 0 Å². The molecule has 2 aliphatic heterocycles. The van der Waals surface area contributed by atoms with Gasteiger partial charge in [0, 0.05) is 10.3 Å². The van der Waals surface area contributed by atoms with E-state index in [2.05, 4.69) is 10.5 Å². The molecule has 0 saturated carbocycles. The number of nitrogens with one attached hydrogen (secondary N) is 1. The zero-order chi connectivity index (χ0) is 18.4. The van der Waals surface area contributed by atoms with Crippen molar-refractivity contribution in [2.75, 3.05) is 0 Å². The lowest BCUT2D eigenvalue weighted by Crippen LogP contribution is -2.71. The molecule has 2 heterocycles. The molecule has 0 spiro atoms. The molecule has 0 bridgehead atoms. The molecular weight excluding hydrogens is 346 g/mol. The third-order valence-electron chi connectivity index (χ3n) is 4.32. The fraction of sp³-hybridized carbons (Fsp3) is 0.375. The quantitative estimate of drug-likeness (QED) is 0.310. The number of nitrogens with zero attached hydrogens (tertiary/aromatic N) is 2. The van der Waals surface area contributed by atoms with Crippen LogP contribution in [0.1, 0.15) is 19.4 Å². The SMILES string of the molecule is CC1(C)S[C@@H]2[C@H](NC(=O)/C(=N/O)c3ccccc3)C(=O)N2[C@H]1C(=O)O. The number of thioether (sulfide) groups is 1. The van der Waals surface area contributed by atoms with Crippen LogP contribution in [-0.4, -0.2) is 60.9 Å². The molecule has 9 heteroatoms. The second kappa shape index (κ2) is 6.07. The molecule has 0 aromatic heterocycles. The van der Waals surface area contributed by atoms with Gasteiger partial charge in [0.15, 0.2) is 5.71 Å². The molecule has 3 atom stereocenters. The molecular formula is C16H17N3O5S. The summed E-state index contributed by atoms with van der Waals surface area (Å²) in [5.74, 6) is -2.21. The largest absolute Gasteiger partial charge is 0.480 e. The van der Waals surface area contributed by atoms with Crippen molar-refractivity contribution < 1.29 is 24.7 Å². The number of hydrogen-bond donors (Lipinski definition) is 3. The maximum atomic E-state index is 12.4. The van der Waals surface area contributed by atoms with E-state index < -0.39 is 40.0 Å². The van der Waals surface area contributed by atoms with Gasteiger partial charge in [-0.25, -0.2) is 4.79 Å². The summed E-state index contributed by atoms with van der Waals surface area (Å²) < 4.78 is -0.668. The second-order valence-corrected chi connectivity index (χ2v) is 8.13. The summed E-state index contributed by atoms with van der Waals surface area (Å²) in [5.41, 5.74) is 0.206. The highest BCUT2D eigenvalue weighted by atomic mass is 32.2. The Morgan fingerprint density at radius 1 is 1.28 bits per heavy atom. The minimum atomic E-state index is -1.07. The molecule has 0 radical (unpaired) electrons. The number of carbonyl (C=O) groups is 3. The van der Waals surface area contributed by atoms with E-state index in [1.807, 2.05) is 0 Å². The molecule has 2 saturated heterocycles. The number of rotatable bonds is 4. The highest BCUT2D eigenvalue weighted by Gasteiger charge is 2.64. The van der Waals surface area contributed by atoms with Crippen LogP contribution in [0.15, 0.2) is 35.5 Å². The molecule has 2 amide bonds. The van der Waals surface area contributed by atoms with Crippen molar-refractivity contribution in [3.05, 3.63) is 35.9 Å². The van der Waals surface area contributed by atoms with Gasteiger partial charge in [-0.15, -0.1) is 11.8 Å². The Morgan fingerprint density at radius 2 is 1.92 bits per heavy atom. The van der Waals surface area contributed by atoms with Gasteiger partial charge in [-0.1, -0.05) is 35.5 Å². The van der Waals surface area contributed by atoms with E-state index in [1.165, 1.54) is 16.7 Å². The lowest BCUT2D eigenvalue weighted by molar-refractivity contribution is -0.160. The highest BCUT2D eigenvalue weighted by Crippen LogP contribution is 2.50. The summed E-state index contributed by atoms with van der Waals surface area (Å²) in [6.45, 7) is 3.51. The first-order valence-electron chi connectivity index (χ1n) is 7.59. The third kappa shape index (κ3) is 2.74. The van der Waals surface area contributed by atoms with Gasteiger partial charge >= 0.3 is 5.97 Å². The molecule has 8 nitrogen and oxygen atoms in total. The van der Waals surface area contributed by atoms with Crippen LogP contribution in [0.5, 0.6) is 0 Å². The molecule has 2 aliphatic rings. The number of aliphatic carboxylic acids is 1. The Hall–Kier alpha value is -2.55. The van der Waals surface area contributed by atoms with E-state index in [4.69, 9.17) is 5.21 Å². The zero-order valence-corrected chi connectivity index (χ0v) is 14.4. The number of carbonyl (C=O) groups excluding carboxylic acids is 2. The number of amides is 2. The lowest BCUT2D eigenvalue weighted by atomic mass is 9.96. The van der Waals surface area contributed by atoms with Crippen molar-refractivity contribution in [1.82, 2.24) is 10.2 Å². The van der Waals surface area contributed by atoms with Crippen LogP contribution >= 0.6 is 11.8 Å². The molecule has 3 N–H and O–H groups in total. The van der Waals surface area contributed by atoms with Crippen molar-refractivity contribution in [2.45, 2.75) is 36.1 Å². The van der Waals surface area contributed by atoms with Crippen LogP contribution in [0.2, 0.25) is 0 Å². The monoisotopic (exact) mass is 363 g/mol. The summed E-state index contributed by atoms with van der Waals surface area (Å²) in [5, 5.41) is 23.7. The summed E-state index contributed by atoms with van der Waals surface area (Å²) in [4.78, 5) is 37.5. The number of hydrogen-bond acceptors (Lipinski definition) is 6. The smallest absolute Gasteiger partial charge is 0.327 e. The number of benzene rings is 1. The molecule has 3 rings (SSSR count). The summed E-state index contributed by atoms with van der Waals surface area (Å²) in [6, 6.07) is 6.57. The fourth-order valence-electron chi connectivity index (χ4n) is 3.19. The van der Waals surface area contributed by atoms with Gasteiger partial charge in [0.1, 0.15) is 17.5 Å². The lowest BCUT2D eigenvalue weighted by Gasteiger charge is -2.43. The Bertz CT molecular complexity index is 764. The standard InChI is InChI=1S/C16H17N3O5S/c1-16(2)11(15(22)23)19-13(21)10(14(19)25-16)17-12(20)9(18-24)8-6-4-3-5-7-8/h3-7,10-11,14,24H,1-2H3,(H,17,20)(H,22,23)/b18-9+/t10-,11+,14-/m1/s1. The van der Waals surface area contributed by atoms with Crippen LogP contribution in [0.4, 0.5) is 0 Å². The number of β-lactam (4-membered cyclic amide) rings is 1. The van der Waals surface area contributed by atoms with Crippen molar-refractivity contribution in [3.8, 4) is 0 Å². The first-order chi connectivity index (χ1) is 11.8. The molecule has 1 aromatic rings. The normalized spacial score (nSPS) is 27.4. The zero-order valence-electron chi connectivity index (χ0n) is 13.5. The molecule has 2 fully saturated rings. The summed E-state index contributed by atoms with van der Waals surface area (Å²) in [7, 11) is 0. The average Bonchev–Trinajstić information content (AvgIpc) is 2.82. The topological polar surface area (TPSA) is 119 Å². The van der Waals surface area contributed by atoms with Gasteiger partial charge in [-0.05, 0) is 13.8 Å². The van der Waals surface area contributed by atoms with Gasteiger partial charge in [0.25, 0.3) is 5.91 Å². The number of fused-ring (bicyclic) bond motifs is 1. The molecule has 0 unspecified atom stereocenters. The first-order valence-corrected chi connectivity index (χ1v) is 8.47. The van der Waals surface area contributed by atoms with Gasteiger partial charge in [-0.3, -0.25) is 9.59 Å². The maximum Gasteiger partial charge on any atom is 0.327 e. The van der Waals surface area contributed by atoms with Gasteiger partial charge < -0.3 is 20.5 Å². The molecule has 1 aromatic carbocycles. The minimum absolute atomic E-state index is 0.205. The van der Waals surface area contributed by atoms with E-state index in [0.717, 1.165) is 0 Å². The van der Waals surface area contributed by atoms with Crippen LogP contribution < -0.4 is 5.32 Å². The van der Waals surface area contributed by atoms with E-state index in [1.54, 1.807) is 44.2 Å². The maximum absolute atomic E-state index is 12.4. The second-order valence-electron chi connectivity index (χ2n) is 6.36. The van der Waals surface area contributed by atoms with Crippen molar-refractivity contribution in [3.63, 3.8) is 0 Å². The summed E-state index contributed by atoms with van der Waals surface area (Å²) in [6.07, 6.45) is 0. The van der Waals surface area contributed by atoms with Crippen molar-refractivity contribution >= 4 is 35.3 Å². The Balaban J connectivity index is 1.76. The van der Waals surface area contributed by atoms with Crippen molar-refractivity contribution in [1.29, 1.82) is 0 Å². The van der Waals surface area contributed by atoms with Crippen molar-refractivity contribution in [2.24, 2.45) is 5.16 Å². The van der Waals surface area contributed by atoms with Gasteiger partial charge in [0.05, 0.1) is 0 Å². The van der Waals surface area contributed by atoms with E-state index in [0.29, 0.717) is 5.56 Å². The van der Waals surface area contributed by atoms with Crippen LogP contribution in [0.3, 0.4) is 0 Å². The number of carboxylic acids is 1. The first kappa shape index (κ1) is 17.3. The fourth-order valence-corrected chi connectivity index (χ4v) is 4.81. The summed E-state index contributed by atoms with van der Waals surface area (Å²) >= 11 is 1.33. The Morgan fingerprint density at radius 3 is 2.48 bits per heavy atom. The minimum Gasteiger partial charge on any atom is -0.480 e. The highest BCUT2D eigenvalue weighted by molar-refractivity contribution is 8.01. The van der Waals surface area contributed by atoms with E-state index in [-0.39, 0.29) is 5.71 Å². The number of carboxylic acid groups (broad SMARTS) is 1. The third-order valence-corrected chi connectivity index (χ3v) is 5.90. The molecule has 25 heavy (non-hydrogen) atoms. The van der Waals surface area contributed by atoms with E-state index in [9.17, 15) is 19.5 Å². The average molecular weight is 363 g/mol. The van der Waals surface area contributed by atoms with Crippen LogP contribution in [0, 0.1) is 0 Å². The van der Waals surface area contributed by atoms with Gasteiger partial charge in [-0.2, -0.15) is 0 Å². The number of oxime groups is 1. The van der Waals surface area contributed by atoms with Gasteiger partial charge in [0.2, 0.25) is 5.91 Å². The molecule has 0 aliphatic carbocycles. The molecule has 132 valence electrons. The van der Waals surface area contributed by atoms with Crippen LogP contribution in [0.25, 0.3) is 0 Å². The predicted molar refractivity (Wildman–Crippen MR) is 90.4 cm³/mol. The van der Waals surface area contributed by atoms with Crippen LogP contribution in [-0.2, 0) is 14.4 Å². The Kier molecular flexibility index (Phi) is 4.19.